The van der Waals surface area contributed by atoms with Crippen molar-refractivity contribution in [2.45, 2.75) is 31.8 Å². The third-order valence-corrected chi connectivity index (χ3v) is 3.11. The highest BCUT2D eigenvalue weighted by Gasteiger charge is 2.21. The molecule has 1 atom stereocenters. The maximum absolute atomic E-state index is 12.1. The zero-order chi connectivity index (χ0) is 12.3. The molecule has 0 aromatic carbocycles. The van der Waals surface area contributed by atoms with Crippen molar-refractivity contribution >= 4 is 5.78 Å². The lowest BCUT2D eigenvalue weighted by atomic mass is 10.1. The second-order valence-corrected chi connectivity index (χ2v) is 4.28. The van der Waals surface area contributed by atoms with Crippen molar-refractivity contribution in [3.05, 3.63) is 11.9 Å². The minimum absolute atomic E-state index is 0.0670. The number of carbonyl (C=O) groups is 1. The Morgan fingerprint density at radius 2 is 2.53 bits per heavy atom. The highest BCUT2D eigenvalue weighted by molar-refractivity contribution is 5.96. The van der Waals surface area contributed by atoms with E-state index in [0.717, 1.165) is 25.9 Å². The smallest absolute Gasteiger partial charge is 0.184 e. The van der Waals surface area contributed by atoms with Crippen LogP contribution in [0.15, 0.2) is 6.20 Å². The largest absolute Gasteiger partial charge is 0.493 e. The molecule has 2 rings (SSSR count). The summed E-state index contributed by atoms with van der Waals surface area (Å²) in [6, 6.07) is 0. The van der Waals surface area contributed by atoms with Crippen LogP contribution in [0.2, 0.25) is 0 Å². The number of ether oxygens (including phenoxy) is 2. The average Bonchev–Trinajstić information content (AvgIpc) is 2.94. The zero-order valence-corrected chi connectivity index (χ0v) is 10.3. The SMILES string of the molecule is COc1cnn(C)c1C(=O)CCC1CCCO1. The van der Waals surface area contributed by atoms with Crippen molar-refractivity contribution in [2.24, 2.45) is 7.05 Å². The van der Waals surface area contributed by atoms with Gasteiger partial charge in [0.05, 0.1) is 19.4 Å². The molecule has 1 unspecified atom stereocenters. The molecule has 17 heavy (non-hydrogen) atoms. The van der Waals surface area contributed by atoms with Crippen LogP contribution in [0.1, 0.15) is 36.2 Å². The van der Waals surface area contributed by atoms with Crippen LogP contribution in [0.25, 0.3) is 0 Å². The number of nitrogens with zero attached hydrogens (tertiary/aromatic N) is 2. The summed E-state index contributed by atoms with van der Waals surface area (Å²) in [6.07, 6.45) is 5.26. The van der Waals surface area contributed by atoms with E-state index in [0.29, 0.717) is 17.9 Å². The first-order valence-electron chi connectivity index (χ1n) is 5.93. The van der Waals surface area contributed by atoms with E-state index in [-0.39, 0.29) is 11.9 Å². The maximum atomic E-state index is 12.1. The van der Waals surface area contributed by atoms with Gasteiger partial charge in [-0.1, -0.05) is 0 Å². The van der Waals surface area contributed by atoms with Gasteiger partial charge in [-0.25, -0.2) is 0 Å². The number of ketones is 1. The summed E-state index contributed by atoms with van der Waals surface area (Å²) >= 11 is 0. The molecule has 1 saturated heterocycles. The molecule has 0 radical (unpaired) electrons. The van der Waals surface area contributed by atoms with Crippen LogP contribution in [0.5, 0.6) is 5.75 Å². The molecule has 0 N–H and O–H groups in total. The Hall–Kier alpha value is -1.36. The Labute approximate surface area is 101 Å². The van der Waals surface area contributed by atoms with Crippen LogP contribution in [0.4, 0.5) is 0 Å². The first-order chi connectivity index (χ1) is 8.22. The molecule has 0 spiro atoms. The standard InChI is InChI=1S/C12H18N2O3/c1-14-12(11(16-2)8-13-14)10(15)6-5-9-4-3-7-17-9/h8-9H,3-7H2,1-2H3. The summed E-state index contributed by atoms with van der Waals surface area (Å²) in [6.45, 7) is 0.827. The Morgan fingerprint density at radius 3 is 3.18 bits per heavy atom. The third-order valence-electron chi connectivity index (χ3n) is 3.11. The minimum Gasteiger partial charge on any atom is -0.493 e. The van der Waals surface area contributed by atoms with Gasteiger partial charge in [-0.3, -0.25) is 9.48 Å². The van der Waals surface area contributed by atoms with Gasteiger partial charge in [0.1, 0.15) is 5.69 Å². The van der Waals surface area contributed by atoms with E-state index in [2.05, 4.69) is 5.10 Å². The molecule has 5 heteroatoms. The van der Waals surface area contributed by atoms with Gasteiger partial charge in [0.15, 0.2) is 11.5 Å². The van der Waals surface area contributed by atoms with E-state index >= 15 is 0 Å². The number of hydrogen-bond donors (Lipinski definition) is 0. The van der Waals surface area contributed by atoms with Crippen LogP contribution in [0.3, 0.4) is 0 Å². The number of methoxy groups -OCH3 is 1. The Kier molecular flexibility index (Phi) is 3.78. The van der Waals surface area contributed by atoms with Gasteiger partial charge in [-0.05, 0) is 19.3 Å². The molecule has 1 aromatic heterocycles. The van der Waals surface area contributed by atoms with Gasteiger partial charge in [0.25, 0.3) is 0 Å². The molecule has 1 fully saturated rings. The molecule has 0 amide bonds. The zero-order valence-electron chi connectivity index (χ0n) is 10.3. The Balaban J connectivity index is 1.96. The van der Waals surface area contributed by atoms with E-state index in [4.69, 9.17) is 9.47 Å². The number of rotatable bonds is 5. The summed E-state index contributed by atoms with van der Waals surface area (Å²) in [5, 5.41) is 4.03. The lowest BCUT2D eigenvalue weighted by molar-refractivity contribution is 0.0850. The van der Waals surface area contributed by atoms with Gasteiger partial charge in [0, 0.05) is 20.1 Å². The quantitative estimate of drug-likeness (QED) is 0.731. The molecule has 2 heterocycles. The van der Waals surface area contributed by atoms with E-state index in [1.54, 1.807) is 25.0 Å². The fraction of sp³-hybridized carbons (Fsp3) is 0.667. The Bertz CT molecular complexity index is 394. The molecule has 94 valence electrons. The molecule has 1 aliphatic rings. The highest BCUT2D eigenvalue weighted by atomic mass is 16.5. The van der Waals surface area contributed by atoms with E-state index < -0.39 is 0 Å². The summed E-state index contributed by atoms with van der Waals surface area (Å²) in [7, 11) is 3.30. The maximum Gasteiger partial charge on any atom is 0.184 e. The summed E-state index contributed by atoms with van der Waals surface area (Å²) in [5.41, 5.74) is 0.547. The predicted octanol–water partition coefficient (Wildman–Crippen LogP) is 1.57. The molecule has 0 bridgehead atoms. The van der Waals surface area contributed by atoms with Crippen LogP contribution < -0.4 is 4.74 Å². The van der Waals surface area contributed by atoms with E-state index in [9.17, 15) is 4.79 Å². The minimum atomic E-state index is 0.0670. The van der Waals surface area contributed by atoms with E-state index in [1.165, 1.54) is 0 Å². The van der Waals surface area contributed by atoms with Crippen LogP contribution in [0, 0.1) is 0 Å². The van der Waals surface area contributed by atoms with Crippen molar-refractivity contribution in [1.82, 2.24) is 9.78 Å². The fourth-order valence-electron chi connectivity index (χ4n) is 2.17. The number of hydrogen-bond acceptors (Lipinski definition) is 4. The topological polar surface area (TPSA) is 53.4 Å². The average molecular weight is 238 g/mol. The van der Waals surface area contributed by atoms with Gasteiger partial charge < -0.3 is 9.47 Å². The second kappa shape index (κ2) is 5.31. The number of aromatic nitrogens is 2. The molecular formula is C12H18N2O3. The molecule has 5 nitrogen and oxygen atoms in total. The van der Waals surface area contributed by atoms with Crippen molar-refractivity contribution in [3.63, 3.8) is 0 Å². The predicted molar refractivity (Wildman–Crippen MR) is 62.3 cm³/mol. The molecule has 0 aliphatic carbocycles. The second-order valence-electron chi connectivity index (χ2n) is 4.28. The lowest BCUT2D eigenvalue weighted by Crippen LogP contribution is -2.12. The highest BCUT2D eigenvalue weighted by Crippen LogP contribution is 2.22. The number of aryl methyl sites for hydroxylation is 1. The van der Waals surface area contributed by atoms with Gasteiger partial charge >= 0.3 is 0 Å². The monoisotopic (exact) mass is 238 g/mol. The van der Waals surface area contributed by atoms with Crippen LogP contribution in [-0.2, 0) is 11.8 Å². The van der Waals surface area contributed by atoms with Gasteiger partial charge in [0.2, 0.25) is 0 Å². The first-order valence-corrected chi connectivity index (χ1v) is 5.93. The molecular weight excluding hydrogens is 220 g/mol. The van der Waals surface area contributed by atoms with Gasteiger partial charge in [-0.15, -0.1) is 0 Å². The van der Waals surface area contributed by atoms with Crippen molar-refractivity contribution in [1.29, 1.82) is 0 Å². The molecule has 1 aliphatic heterocycles. The van der Waals surface area contributed by atoms with Crippen LogP contribution >= 0.6 is 0 Å². The number of carbonyl (C=O) groups excluding carboxylic acids is 1. The van der Waals surface area contributed by atoms with Crippen molar-refractivity contribution in [3.8, 4) is 5.75 Å². The Morgan fingerprint density at radius 1 is 1.71 bits per heavy atom. The number of Topliss-reactive ketones (excluding diaryl/α,β-unsaturated/α-hetero) is 1. The third kappa shape index (κ3) is 2.66. The summed E-state index contributed by atoms with van der Waals surface area (Å²) in [4.78, 5) is 12.1. The lowest BCUT2D eigenvalue weighted by Gasteiger charge is -2.09. The van der Waals surface area contributed by atoms with Crippen LogP contribution in [-0.4, -0.2) is 35.4 Å². The van der Waals surface area contributed by atoms with Gasteiger partial charge in [-0.2, -0.15) is 5.10 Å². The summed E-state index contributed by atoms with van der Waals surface area (Å²) in [5.74, 6) is 0.613. The van der Waals surface area contributed by atoms with E-state index in [1.807, 2.05) is 0 Å². The molecule has 0 saturated carbocycles. The normalized spacial score (nSPS) is 19.5. The first kappa shape index (κ1) is 12.1. The molecule has 1 aromatic rings. The summed E-state index contributed by atoms with van der Waals surface area (Å²) < 4.78 is 12.2. The van der Waals surface area contributed by atoms with Crippen molar-refractivity contribution in [2.75, 3.05) is 13.7 Å². The fourth-order valence-corrected chi connectivity index (χ4v) is 2.17. The van der Waals surface area contributed by atoms with Crippen molar-refractivity contribution < 1.29 is 14.3 Å².